The zero-order chi connectivity index (χ0) is 65.8. The number of carbonyl (C=O) groups is 4. The van der Waals surface area contributed by atoms with Crippen molar-refractivity contribution in [1.82, 2.24) is 15.2 Å². The van der Waals surface area contributed by atoms with Crippen LogP contribution >= 0.6 is 45.7 Å². The number of anilines is 1. The second-order valence-corrected chi connectivity index (χ2v) is 24.4. The maximum Gasteiger partial charge on any atom is 0.356 e. The number of thiazole rings is 1. The number of thioether (sulfide) groups is 1. The number of carbonyl (C=O) groups excluding carboxylic acids is 4. The molecule has 2 N–H and O–H groups in total. The second kappa shape index (κ2) is 33.3. The van der Waals surface area contributed by atoms with Gasteiger partial charge in [-0.05, 0) is 56.6 Å². The molecular weight excluding hydrogens is 1360 g/mol. The van der Waals surface area contributed by atoms with Crippen molar-refractivity contribution in [2.75, 3.05) is 69.7 Å². The smallest absolute Gasteiger partial charge is 0.356 e. The summed E-state index contributed by atoms with van der Waals surface area (Å²) >= 11 is 4.79. The number of hydrogen-bond donors (Lipinski definition) is 2. The molecule has 1 fully saturated rings. The Labute approximate surface area is 572 Å². The predicted octanol–water partition coefficient (Wildman–Crippen LogP) is 12.8. The van der Waals surface area contributed by atoms with Crippen molar-refractivity contribution >= 4 is 80.3 Å². The van der Waals surface area contributed by atoms with E-state index in [-0.39, 0.29) is 55.3 Å². The summed E-state index contributed by atoms with van der Waals surface area (Å²) in [6.45, 7) is 0.667. The summed E-state index contributed by atoms with van der Waals surface area (Å²) in [5.41, 5.74) is 5.06. The number of ether oxygens (including phenoxy) is 8. The van der Waals surface area contributed by atoms with E-state index in [4.69, 9.17) is 47.7 Å². The van der Waals surface area contributed by atoms with E-state index in [1.807, 2.05) is 212 Å². The quantitative estimate of drug-likeness (QED) is 0.00463. The normalized spacial score (nSPS) is 14.9. The summed E-state index contributed by atoms with van der Waals surface area (Å²) in [6.07, 6.45) is -3.47. The number of oxime groups is 1. The molecule has 0 radical (unpaired) electrons. The van der Waals surface area contributed by atoms with Crippen LogP contribution in [-0.2, 0) is 58.0 Å². The van der Waals surface area contributed by atoms with Gasteiger partial charge in [0.15, 0.2) is 48.1 Å². The first-order valence-corrected chi connectivity index (χ1v) is 34.0. The number of nitrogens with zero attached hydrogens (tertiary/aromatic N) is 3. The summed E-state index contributed by atoms with van der Waals surface area (Å²) in [6, 6.07) is 70.6. The molecule has 2 aliphatic heterocycles. The number of hydrogen-bond acceptors (Lipinski definition) is 18. The number of halogens is 1. The summed E-state index contributed by atoms with van der Waals surface area (Å²) in [4.78, 5) is 73.6. The molecule has 21 heteroatoms. The number of β-lactam (4-membered cyclic amide) rings is 1. The number of alkyl halides is 1. The molecule has 2 amide bonds. The van der Waals surface area contributed by atoms with Crippen LogP contribution in [0.3, 0.4) is 0 Å². The number of methoxy groups -OCH3 is 2. The molecule has 95 heavy (non-hydrogen) atoms. The predicted molar refractivity (Wildman–Crippen MR) is 371 cm³/mol. The van der Waals surface area contributed by atoms with Crippen LogP contribution in [0.5, 0.6) is 11.5 Å². The Morgan fingerprint density at radius 3 is 1.57 bits per heavy atom. The van der Waals surface area contributed by atoms with Gasteiger partial charge in [-0.25, -0.2) is 14.6 Å². The van der Waals surface area contributed by atoms with E-state index >= 15 is 9.59 Å². The highest BCUT2D eigenvalue weighted by molar-refractivity contribution is 14.1. The Morgan fingerprint density at radius 1 is 0.611 bits per heavy atom. The molecular formula is C74H68IN5O13S2. The van der Waals surface area contributed by atoms with Gasteiger partial charge in [0.1, 0.15) is 28.3 Å². The summed E-state index contributed by atoms with van der Waals surface area (Å²) in [7, 11) is 3.12. The number of rotatable bonds is 32. The minimum Gasteiger partial charge on any atom is -0.464 e. The first-order valence-electron chi connectivity index (χ1n) is 30.5. The average molecular weight is 1430 g/mol. The van der Waals surface area contributed by atoms with Crippen LogP contribution in [0.2, 0.25) is 0 Å². The maximum absolute atomic E-state index is 15.6. The molecule has 0 aliphatic carbocycles. The third-order valence-corrected chi connectivity index (χ3v) is 18.6. The van der Waals surface area contributed by atoms with Gasteiger partial charge in [-0.3, -0.25) is 14.5 Å². The van der Waals surface area contributed by atoms with Crippen molar-refractivity contribution in [2.45, 2.75) is 35.3 Å². The zero-order valence-corrected chi connectivity index (χ0v) is 55.7. The van der Waals surface area contributed by atoms with Crippen molar-refractivity contribution < 1.29 is 61.9 Å². The van der Waals surface area contributed by atoms with Gasteiger partial charge in [0.05, 0.1) is 26.4 Å². The highest BCUT2D eigenvalue weighted by Crippen LogP contribution is 2.44. The Bertz CT molecular complexity index is 3870. The number of nitrogens with one attached hydrogen (secondary N) is 2. The van der Waals surface area contributed by atoms with E-state index in [1.54, 1.807) is 31.7 Å². The second-order valence-electron chi connectivity index (χ2n) is 21.7. The number of benzene rings is 8. The lowest BCUT2D eigenvalue weighted by Crippen LogP contribution is -2.71. The van der Waals surface area contributed by atoms with E-state index in [0.29, 0.717) is 45.2 Å². The Morgan fingerprint density at radius 2 is 1.08 bits per heavy atom. The molecule has 486 valence electrons. The molecule has 0 spiro atoms. The SMILES string of the molecule is COCCOCOc1ccc(C(ON=C(C(=O)NC2C(=O)N3C(C(=O)OC(c4ccccc4)c4ccccc4)=C(CI)CS[C@@H]23)c2csc(NC(c3ccccc3)(c3ccccc3)c3ccccc3)n2)C(=O)OC(c2ccccc2)c2ccccc2)cc1OCOCCOC. The van der Waals surface area contributed by atoms with Crippen LogP contribution in [0.15, 0.2) is 252 Å². The van der Waals surface area contributed by atoms with Gasteiger partial charge in [-0.1, -0.05) is 246 Å². The highest BCUT2D eigenvalue weighted by Gasteiger charge is 2.55. The van der Waals surface area contributed by atoms with Crippen molar-refractivity contribution in [3.63, 3.8) is 0 Å². The zero-order valence-electron chi connectivity index (χ0n) is 51.9. The summed E-state index contributed by atoms with van der Waals surface area (Å²) in [5.74, 6) is -2.31. The van der Waals surface area contributed by atoms with Gasteiger partial charge in [0, 0.05) is 35.3 Å². The lowest BCUT2D eigenvalue weighted by molar-refractivity contribution is -0.162. The molecule has 0 bridgehead atoms. The lowest BCUT2D eigenvalue weighted by Gasteiger charge is -2.49. The highest BCUT2D eigenvalue weighted by atomic mass is 127. The molecule has 2 aliphatic rings. The van der Waals surface area contributed by atoms with E-state index in [0.717, 1.165) is 27.8 Å². The van der Waals surface area contributed by atoms with Crippen LogP contribution in [0.25, 0.3) is 0 Å². The van der Waals surface area contributed by atoms with Gasteiger partial charge in [-0.2, -0.15) is 0 Å². The molecule has 1 saturated heterocycles. The molecule has 8 aromatic carbocycles. The van der Waals surface area contributed by atoms with Gasteiger partial charge in [-0.15, -0.1) is 23.1 Å². The first kappa shape index (κ1) is 67.2. The first-order chi connectivity index (χ1) is 46.7. The topological polar surface area (TPSA) is 204 Å². The summed E-state index contributed by atoms with van der Waals surface area (Å²) < 4.78 is 47.2. The fraction of sp³-hybridized carbons (Fsp3) is 0.216. The number of fused-ring (bicyclic) bond motifs is 1. The van der Waals surface area contributed by atoms with Crippen LogP contribution in [-0.4, -0.2) is 115 Å². The molecule has 3 atom stereocenters. The molecule has 11 rings (SSSR count). The third kappa shape index (κ3) is 16.1. The lowest BCUT2D eigenvalue weighted by atomic mass is 9.77. The number of amides is 2. The van der Waals surface area contributed by atoms with E-state index in [2.05, 4.69) is 38.4 Å². The fourth-order valence-electron chi connectivity index (χ4n) is 11.0. The van der Waals surface area contributed by atoms with Crippen molar-refractivity contribution in [1.29, 1.82) is 0 Å². The van der Waals surface area contributed by atoms with Crippen LogP contribution in [0.4, 0.5) is 5.13 Å². The largest absolute Gasteiger partial charge is 0.464 e. The van der Waals surface area contributed by atoms with Crippen LogP contribution in [0, 0.1) is 0 Å². The van der Waals surface area contributed by atoms with Crippen molar-refractivity contribution in [2.24, 2.45) is 5.16 Å². The molecule has 9 aromatic rings. The van der Waals surface area contributed by atoms with E-state index in [9.17, 15) is 9.59 Å². The molecule has 1 aromatic heterocycles. The average Bonchev–Trinajstić information content (AvgIpc) is 1.42. The number of aromatic nitrogens is 1. The minimum atomic E-state index is -1.73. The van der Waals surface area contributed by atoms with Crippen LogP contribution < -0.4 is 20.1 Å². The van der Waals surface area contributed by atoms with Gasteiger partial charge < -0.3 is 53.4 Å². The Kier molecular flexibility index (Phi) is 23.5. The molecule has 3 heterocycles. The van der Waals surface area contributed by atoms with E-state index < -0.39 is 64.7 Å². The monoisotopic (exact) mass is 1430 g/mol. The van der Waals surface area contributed by atoms with Gasteiger partial charge in [0.2, 0.25) is 6.10 Å². The Balaban J connectivity index is 0.985. The molecule has 18 nitrogen and oxygen atoms in total. The fourth-order valence-corrected chi connectivity index (χ4v) is 14.1. The van der Waals surface area contributed by atoms with Crippen LogP contribution in [0.1, 0.15) is 68.5 Å². The standard InChI is InChI=1S/C74H68IN5O13S2/c1-85-40-42-87-48-89-60-39-38-54(44-61(60)90-49-88-43-41-86-2)67(72(84)92-66(52-28-14-5-15-29-52)53-30-16-6-17-31-53)93-79-62(59-47-95-73(76-59)78-74(56-32-18-7-19-33-56,57-34-20-8-21-35-57)58-36-22-9-23-37-58)68(81)77-63-69(82)80-64(55(45-75)46-94-70(63)80)71(83)91-65(50-24-10-3-11-25-50)51-26-12-4-13-27-51/h3-39,44,47,63,65-67,70H,40-43,45-46,48-49H2,1-2H3,(H,76,78)(H,77,81)/t63?,67?,70-/m0/s1. The van der Waals surface area contributed by atoms with Crippen molar-refractivity contribution in [3.05, 3.63) is 297 Å². The number of esters is 2. The Hall–Kier alpha value is -9.20. The minimum absolute atomic E-state index is 0.0234. The molecule has 2 unspecified atom stereocenters. The molecule has 0 saturated carbocycles. The van der Waals surface area contributed by atoms with Gasteiger partial charge in [0.25, 0.3) is 11.8 Å². The van der Waals surface area contributed by atoms with Crippen molar-refractivity contribution in [3.8, 4) is 11.5 Å². The van der Waals surface area contributed by atoms with Gasteiger partial charge >= 0.3 is 11.9 Å². The third-order valence-electron chi connectivity index (χ3n) is 15.6. The summed E-state index contributed by atoms with van der Waals surface area (Å²) in [5, 5.41) is 12.6. The van der Waals surface area contributed by atoms with E-state index in [1.165, 1.54) is 34.1 Å². The maximum atomic E-state index is 15.6.